The average molecular weight is 292 g/mol. The van der Waals surface area contributed by atoms with Crippen LogP contribution in [0, 0.1) is 6.92 Å². The van der Waals surface area contributed by atoms with Gasteiger partial charge < -0.3 is 10.4 Å². The third kappa shape index (κ3) is 2.97. The maximum atomic E-state index is 11.9. The summed E-state index contributed by atoms with van der Waals surface area (Å²) in [7, 11) is 0. The van der Waals surface area contributed by atoms with Gasteiger partial charge in [-0.05, 0) is 13.8 Å². The van der Waals surface area contributed by atoms with Gasteiger partial charge in [0.2, 0.25) is 0 Å². The predicted octanol–water partition coefficient (Wildman–Crippen LogP) is 1.43. The van der Waals surface area contributed by atoms with Crippen molar-refractivity contribution in [2.24, 2.45) is 0 Å². The Hall–Kier alpha value is -2.35. The fraction of sp³-hybridized carbons (Fsp3) is 0.250. The van der Waals surface area contributed by atoms with Gasteiger partial charge in [-0.3, -0.25) is 4.79 Å². The molecule has 0 aliphatic rings. The monoisotopic (exact) mass is 292 g/mol. The van der Waals surface area contributed by atoms with Gasteiger partial charge in [0, 0.05) is 12.4 Å². The molecule has 0 aromatic carbocycles. The summed E-state index contributed by atoms with van der Waals surface area (Å²) in [6.45, 7) is 3.37. The molecule has 104 valence electrons. The molecular weight excluding hydrogens is 280 g/mol. The van der Waals surface area contributed by atoms with E-state index in [9.17, 15) is 9.59 Å². The first-order chi connectivity index (χ1) is 9.49. The van der Waals surface area contributed by atoms with E-state index in [1.807, 2.05) is 0 Å². The molecule has 7 nitrogen and oxygen atoms in total. The molecule has 8 heteroatoms. The summed E-state index contributed by atoms with van der Waals surface area (Å²) in [5.74, 6) is -1.34. The van der Waals surface area contributed by atoms with E-state index in [0.717, 1.165) is 11.3 Å². The van der Waals surface area contributed by atoms with Crippen molar-refractivity contribution in [1.82, 2.24) is 20.3 Å². The second-order valence-corrected chi connectivity index (χ2v) is 5.12. The minimum atomic E-state index is -1.01. The van der Waals surface area contributed by atoms with E-state index in [4.69, 9.17) is 5.11 Å². The van der Waals surface area contributed by atoms with Crippen molar-refractivity contribution >= 4 is 23.2 Å². The first-order valence-electron chi connectivity index (χ1n) is 5.75. The van der Waals surface area contributed by atoms with Crippen molar-refractivity contribution in [3.8, 4) is 0 Å². The molecule has 2 aromatic rings. The van der Waals surface area contributed by atoms with Crippen molar-refractivity contribution in [2.75, 3.05) is 0 Å². The van der Waals surface area contributed by atoms with Gasteiger partial charge in [0.05, 0.1) is 17.3 Å². The molecule has 1 atom stereocenters. The summed E-state index contributed by atoms with van der Waals surface area (Å²) in [6, 6.07) is -0.389. The Kier molecular flexibility index (Phi) is 4.04. The lowest BCUT2D eigenvalue weighted by Gasteiger charge is -2.10. The van der Waals surface area contributed by atoms with Crippen molar-refractivity contribution in [3.63, 3.8) is 0 Å². The van der Waals surface area contributed by atoms with Crippen LogP contribution in [-0.4, -0.2) is 31.9 Å². The smallest absolute Gasteiger partial charge is 0.347 e. The number of aromatic nitrogens is 3. The highest BCUT2D eigenvalue weighted by Crippen LogP contribution is 2.23. The highest BCUT2D eigenvalue weighted by Gasteiger charge is 2.19. The Morgan fingerprint density at radius 2 is 2.00 bits per heavy atom. The summed E-state index contributed by atoms with van der Waals surface area (Å²) in [5, 5.41) is 12.3. The van der Waals surface area contributed by atoms with E-state index in [1.165, 1.54) is 18.7 Å². The zero-order valence-electron chi connectivity index (χ0n) is 10.8. The predicted molar refractivity (Wildman–Crippen MR) is 71.7 cm³/mol. The molecule has 1 amide bonds. The zero-order chi connectivity index (χ0) is 14.7. The number of amides is 1. The number of carboxylic acids is 1. The van der Waals surface area contributed by atoms with E-state index in [0.29, 0.717) is 16.3 Å². The van der Waals surface area contributed by atoms with Gasteiger partial charge in [0.25, 0.3) is 5.91 Å². The lowest BCUT2D eigenvalue weighted by molar-refractivity contribution is 0.0701. The van der Waals surface area contributed by atoms with Gasteiger partial charge in [-0.25, -0.2) is 19.7 Å². The molecule has 0 radical (unpaired) electrons. The fourth-order valence-electron chi connectivity index (χ4n) is 1.56. The van der Waals surface area contributed by atoms with Crippen LogP contribution in [0.4, 0.5) is 0 Å². The summed E-state index contributed by atoms with van der Waals surface area (Å²) in [4.78, 5) is 34.8. The molecule has 2 rings (SSSR count). The molecule has 0 saturated heterocycles. The standard InChI is InChI=1S/C12H12N4O3S/c1-6-9(12(18)19)20-11(16-6)7(2)15-10(17)8-3-13-5-14-4-8/h3-5,7H,1-2H3,(H,15,17)(H,18,19). The summed E-state index contributed by atoms with van der Waals surface area (Å²) in [5.41, 5.74) is 0.785. The third-order valence-electron chi connectivity index (χ3n) is 2.55. The van der Waals surface area contributed by atoms with Gasteiger partial charge in [0.15, 0.2) is 0 Å². The Morgan fingerprint density at radius 1 is 1.35 bits per heavy atom. The maximum Gasteiger partial charge on any atom is 0.347 e. The number of carboxylic acid groups (broad SMARTS) is 1. The van der Waals surface area contributed by atoms with E-state index in [1.54, 1.807) is 13.8 Å². The van der Waals surface area contributed by atoms with Crippen LogP contribution >= 0.6 is 11.3 Å². The summed E-state index contributed by atoms with van der Waals surface area (Å²) < 4.78 is 0. The largest absolute Gasteiger partial charge is 0.477 e. The number of aryl methyl sites for hydroxylation is 1. The molecule has 0 aliphatic carbocycles. The first kappa shape index (κ1) is 14.1. The number of carbonyl (C=O) groups is 2. The van der Waals surface area contributed by atoms with Crippen LogP contribution in [0.5, 0.6) is 0 Å². The number of hydrogen-bond acceptors (Lipinski definition) is 6. The molecule has 0 fully saturated rings. The molecule has 20 heavy (non-hydrogen) atoms. The summed E-state index contributed by atoms with van der Waals surface area (Å²) in [6.07, 6.45) is 4.15. The Balaban J connectivity index is 2.12. The number of hydrogen-bond donors (Lipinski definition) is 2. The highest BCUT2D eigenvalue weighted by atomic mass is 32.1. The van der Waals surface area contributed by atoms with Crippen LogP contribution in [0.15, 0.2) is 18.7 Å². The number of thiazole rings is 1. The van der Waals surface area contributed by atoms with Crippen LogP contribution in [0.1, 0.15) is 43.7 Å². The van der Waals surface area contributed by atoms with E-state index >= 15 is 0 Å². The minimum Gasteiger partial charge on any atom is -0.477 e. The average Bonchev–Trinajstić information content (AvgIpc) is 2.82. The molecule has 0 spiro atoms. The third-order valence-corrected chi connectivity index (χ3v) is 3.88. The number of aromatic carboxylic acids is 1. The molecule has 2 aromatic heterocycles. The summed E-state index contributed by atoms with van der Waals surface area (Å²) >= 11 is 1.06. The van der Waals surface area contributed by atoms with Gasteiger partial charge in [0.1, 0.15) is 16.2 Å². The number of carbonyl (C=O) groups excluding carboxylic acids is 1. The van der Waals surface area contributed by atoms with Gasteiger partial charge in [-0.15, -0.1) is 11.3 Å². The molecule has 0 saturated carbocycles. The van der Waals surface area contributed by atoms with Crippen LogP contribution in [0.3, 0.4) is 0 Å². The van der Waals surface area contributed by atoms with Gasteiger partial charge in [-0.2, -0.15) is 0 Å². The quantitative estimate of drug-likeness (QED) is 0.883. The molecule has 0 bridgehead atoms. The van der Waals surface area contributed by atoms with E-state index in [2.05, 4.69) is 20.3 Å². The highest BCUT2D eigenvalue weighted by molar-refractivity contribution is 7.13. The molecule has 1 unspecified atom stereocenters. The van der Waals surface area contributed by atoms with Crippen LogP contribution < -0.4 is 5.32 Å². The fourth-order valence-corrected chi connectivity index (χ4v) is 2.47. The number of nitrogens with one attached hydrogen (secondary N) is 1. The van der Waals surface area contributed by atoms with Crippen molar-refractivity contribution in [3.05, 3.63) is 39.9 Å². The van der Waals surface area contributed by atoms with E-state index < -0.39 is 5.97 Å². The second kappa shape index (κ2) is 5.74. The van der Waals surface area contributed by atoms with Crippen molar-refractivity contribution in [2.45, 2.75) is 19.9 Å². The molecule has 2 heterocycles. The lowest BCUT2D eigenvalue weighted by Crippen LogP contribution is -2.26. The minimum absolute atomic E-state index is 0.184. The van der Waals surface area contributed by atoms with Crippen LogP contribution in [-0.2, 0) is 0 Å². The second-order valence-electron chi connectivity index (χ2n) is 4.09. The Morgan fingerprint density at radius 3 is 2.55 bits per heavy atom. The van der Waals surface area contributed by atoms with Crippen LogP contribution in [0.25, 0.3) is 0 Å². The van der Waals surface area contributed by atoms with Crippen molar-refractivity contribution in [1.29, 1.82) is 0 Å². The Labute approximate surface area is 118 Å². The van der Waals surface area contributed by atoms with Gasteiger partial charge >= 0.3 is 5.97 Å². The first-order valence-corrected chi connectivity index (χ1v) is 6.57. The topological polar surface area (TPSA) is 105 Å². The molecule has 2 N–H and O–H groups in total. The zero-order valence-corrected chi connectivity index (χ0v) is 11.6. The maximum absolute atomic E-state index is 11.9. The number of nitrogens with zero attached hydrogens (tertiary/aromatic N) is 3. The van der Waals surface area contributed by atoms with Crippen molar-refractivity contribution < 1.29 is 14.7 Å². The van der Waals surface area contributed by atoms with E-state index in [-0.39, 0.29) is 16.8 Å². The van der Waals surface area contributed by atoms with Crippen LogP contribution in [0.2, 0.25) is 0 Å². The SMILES string of the molecule is Cc1nc(C(C)NC(=O)c2cncnc2)sc1C(=O)O. The Bertz CT molecular complexity index is 641. The molecule has 0 aliphatic heterocycles. The number of rotatable bonds is 4. The normalized spacial score (nSPS) is 11.9. The van der Waals surface area contributed by atoms with Gasteiger partial charge in [-0.1, -0.05) is 0 Å². The molecular formula is C12H12N4O3S. The lowest BCUT2D eigenvalue weighted by atomic mass is 10.3.